The van der Waals surface area contributed by atoms with Crippen LogP contribution in [-0.2, 0) is 14.6 Å². The third kappa shape index (κ3) is 2.49. The molecule has 6 nitrogen and oxygen atoms in total. The van der Waals surface area contributed by atoms with Crippen LogP contribution in [0.2, 0.25) is 0 Å². The average molecular weight is 298 g/mol. The Labute approximate surface area is 118 Å². The molecule has 0 aromatic carbocycles. The fourth-order valence-electron chi connectivity index (χ4n) is 1.88. The number of nitrogens with zero attached hydrogens (tertiary/aromatic N) is 2. The molecule has 0 unspecified atom stereocenters. The molecular formula is C13H18N2O4S. The quantitative estimate of drug-likeness (QED) is 0.901. The number of carboxylic acid groups (broad SMARTS) is 1. The monoisotopic (exact) mass is 298 g/mol. The van der Waals surface area contributed by atoms with Crippen molar-refractivity contribution in [3.63, 3.8) is 0 Å². The van der Waals surface area contributed by atoms with Crippen LogP contribution in [-0.4, -0.2) is 42.3 Å². The largest absolute Gasteiger partial charge is 0.481 e. The first-order chi connectivity index (χ1) is 9.13. The fourth-order valence-corrected chi connectivity index (χ4v) is 2.94. The zero-order valence-corrected chi connectivity index (χ0v) is 12.5. The Hall–Kier alpha value is -1.63. The Bertz CT molecular complexity index is 611. The Morgan fingerprint density at radius 3 is 2.35 bits per heavy atom. The summed E-state index contributed by atoms with van der Waals surface area (Å²) < 4.78 is 23.5. The van der Waals surface area contributed by atoms with Gasteiger partial charge in [0.05, 0.1) is 22.5 Å². The summed E-state index contributed by atoms with van der Waals surface area (Å²) in [4.78, 5) is 16.6. The minimum atomic E-state index is -3.46. The molecule has 1 aliphatic rings. The number of carbonyl (C=O) groups is 1. The van der Waals surface area contributed by atoms with Crippen molar-refractivity contribution in [1.29, 1.82) is 0 Å². The highest BCUT2D eigenvalue weighted by Crippen LogP contribution is 2.27. The van der Waals surface area contributed by atoms with E-state index >= 15 is 0 Å². The molecule has 0 amide bonds. The van der Waals surface area contributed by atoms with E-state index in [1.165, 1.54) is 12.3 Å². The van der Waals surface area contributed by atoms with Crippen LogP contribution in [0.4, 0.5) is 5.69 Å². The van der Waals surface area contributed by atoms with Gasteiger partial charge in [-0.05, 0) is 32.9 Å². The second-order valence-electron chi connectivity index (χ2n) is 5.91. The zero-order chi connectivity index (χ0) is 15.1. The van der Waals surface area contributed by atoms with Gasteiger partial charge in [-0.3, -0.25) is 4.79 Å². The van der Waals surface area contributed by atoms with Gasteiger partial charge in [0.1, 0.15) is 0 Å². The van der Waals surface area contributed by atoms with Crippen molar-refractivity contribution in [3.8, 4) is 0 Å². The van der Waals surface area contributed by atoms with Crippen LogP contribution in [0, 0.1) is 5.92 Å². The second-order valence-corrected chi connectivity index (χ2v) is 8.56. The Morgan fingerprint density at radius 1 is 1.35 bits per heavy atom. The lowest BCUT2D eigenvalue weighted by molar-refractivity contribution is -0.142. The molecule has 0 radical (unpaired) electrons. The Balaban J connectivity index is 2.15. The lowest BCUT2D eigenvalue weighted by Crippen LogP contribution is -2.50. The van der Waals surface area contributed by atoms with Gasteiger partial charge >= 0.3 is 5.97 Å². The van der Waals surface area contributed by atoms with Gasteiger partial charge in [-0.2, -0.15) is 0 Å². The van der Waals surface area contributed by atoms with Gasteiger partial charge in [-0.25, -0.2) is 13.4 Å². The first-order valence-electron chi connectivity index (χ1n) is 6.31. The predicted octanol–water partition coefficient (Wildman–Crippen LogP) is 1.17. The molecule has 1 aromatic heterocycles. The van der Waals surface area contributed by atoms with Gasteiger partial charge in [0.25, 0.3) is 0 Å². The maximum Gasteiger partial charge on any atom is 0.310 e. The van der Waals surface area contributed by atoms with Crippen LogP contribution in [0.15, 0.2) is 23.4 Å². The van der Waals surface area contributed by atoms with E-state index < -0.39 is 20.6 Å². The van der Waals surface area contributed by atoms with Crippen LogP contribution in [0.5, 0.6) is 0 Å². The first kappa shape index (κ1) is 14.8. The molecule has 0 saturated carbocycles. The lowest BCUT2D eigenvalue weighted by Gasteiger charge is -2.38. The number of rotatable bonds is 3. The molecule has 0 bridgehead atoms. The third-order valence-corrected chi connectivity index (χ3v) is 5.80. The van der Waals surface area contributed by atoms with Crippen LogP contribution >= 0.6 is 0 Å². The Morgan fingerprint density at radius 2 is 1.95 bits per heavy atom. The molecular weight excluding hydrogens is 280 g/mol. The molecule has 1 aliphatic heterocycles. The van der Waals surface area contributed by atoms with Crippen LogP contribution < -0.4 is 4.90 Å². The number of aliphatic carboxylic acids is 1. The number of aromatic nitrogens is 1. The van der Waals surface area contributed by atoms with Gasteiger partial charge < -0.3 is 10.0 Å². The summed E-state index contributed by atoms with van der Waals surface area (Å²) in [7, 11) is -3.46. The molecule has 2 heterocycles. The minimum Gasteiger partial charge on any atom is -0.481 e. The molecule has 2 rings (SSSR count). The number of anilines is 1. The Kier molecular flexibility index (Phi) is 3.49. The minimum absolute atomic E-state index is 0.0454. The summed E-state index contributed by atoms with van der Waals surface area (Å²) in [5.74, 6) is -1.16. The van der Waals surface area contributed by atoms with E-state index in [0.29, 0.717) is 13.1 Å². The van der Waals surface area contributed by atoms with Gasteiger partial charge in [0.2, 0.25) is 0 Å². The molecule has 1 saturated heterocycles. The summed E-state index contributed by atoms with van der Waals surface area (Å²) in [6.45, 7) is 5.76. The highest BCUT2D eigenvalue weighted by molar-refractivity contribution is 7.92. The molecule has 0 atom stereocenters. The summed E-state index contributed by atoms with van der Waals surface area (Å²) in [5.41, 5.74) is 0.746. The number of hydrogen-bond donors (Lipinski definition) is 1. The smallest absolute Gasteiger partial charge is 0.310 e. The normalized spacial score (nSPS) is 16.9. The molecule has 0 spiro atoms. The summed E-state index contributed by atoms with van der Waals surface area (Å²) in [6.07, 6.45) is 1.48. The number of pyridine rings is 1. The molecule has 110 valence electrons. The molecule has 1 fully saturated rings. The maximum atomic E-state index is 12.2. The molecule has 1 N–H and O–H groups in total. The van der Waals surface area contributed by atoms with Crippen molar-refractivity contribution >= 4 is 21.5 Å². The van der Waals surface area contributed by atoms with Crippen molar-refractivity contribution in [1.82, 2.24) is 4.98 Å². The highest BCUT2D eigenvalue weighted by Gasteiger charge is 2.34. The zero-order valence-electron chi connectivity index (χ0n) is 11.7. The van der Waals surface area contributed by atoms with Crippen molar-refractivity contribution in [2.75, 3.05) is 18.0 Å². The average Bonchev–Trinajstić information content (AvgIpc) is 2.25. The van der Waals surface area contributed by atoms with E-state index in [1.807, 2.05) is 4.90 Å². The maximum absolute atomic E-state index is 12.2. The standard InChI is InChI=1S/C13H18N2O4S/c1-13(2,3)20(18,19)11-5-4-10(6-14-11)15-7-9(8-15)12(16)17/h4-6,9H,7-8H2,1-3H3,(H,16,17). The summed E-state index contributed by atoms with van der Waals surface area (Å²) >= 11 is 0. The lowest BCUT2D eigenvalue weighted by atomic mass is 10.0. The predicted molar refractivity (Wildman–Crippen MR) is 74.5 cm³/mol. The second kappa shape index (κ2) is 4.73. The summed E-state index contributed by atoms with van der Waals surface area (Å²) in [5, 5.41) is 8.86. The van der Waals surface area contributed by atoms with Crippen LogP contribution in [0.25, 0.3) is 0 Å². The van der Waals surface area contributed by atoms with Crippen molar-refractivity contribution in [2.45, 2.75) is 30.5 Å². The highest BCUT2D eigenvalue weighted by atomic mass is 32.2. The van der Waals surface area contributed by atoms with Gasteiger partial charge in [-0.15, -0.1) is 0 Å². The van der Waals surface area contributed by atoms with Gasteiger partial charge in [0, 0.05) is 13.1 Å². The van der Waals surface area contributed by atoms with E-state index in [2.05, 4.69) is 4.98 Å². The fraction of sp³-hybridized carbons (Fsp3) is 0.538. The van der Waals surface area contributed by atoms with E-state index in [1.54, 1.807) is 26.8 Å². The number of hydrogen-bond acceptors (Lipinski definition) is 5. The van der Waals surface area contributed by atoms with Crippen LogP contribution in [0.3, 0.4) is 0 Å². The molecule has 1 aromatic rings. The summed E-state index contributed by atoms with van der Waals surface area (Å²) in [6, 6.07) is 3.15. The molecule has 7 heteroatoms. The van der Waals surface area contributed by atoms with Crippen molar-refractivity contribution < 1.29 is 18.3 Å². The van der Waals surface area contributed by atoms with E-state index in [4.69, 9.17) is 5.11 Å². The van der Waals surface area contributed by atoms with Crippen LogP contribution in [0.1, 0.15) is 20.8 Å². The third-order valence-electron chi connectivity index (χ3n) is 3.40. The van der Waals surface area contributed by atoms with E-state index in [0.717, 1.165) is 5.69 Å². The number of carboxylic acids is 1. The van der Waals surface area contributed by atoms with E-state index in [9.17, 15) is 13.2 Å². The van der Waals surface area contributed by atoms with Crippen molar-refractivity contribution in [3.05, 3.63) is 18.3 Å². The van der Waals surface area contributed by atoms with Gasteiger partial charge in [0.15, 0.2) is 14.9 Å². The van der Waals surface area contributed by atoms with Gasteiger partial charge in [-0.1, -0.05) is 0 Å². The number of sulfone groups is 1. The van der Waals surface area contributed by atoms with Crippen molar-refractivity contribution in [2.24, 2.45) is 5.92 Å². The molecule has 0 aliphatic carbocycles. The SMILES string of the molecule is CC(C)(C)S(=O)(=O)c1ccc(N2CC(C(=O)O)C2)cn1. The van der Waals surface area contributed by atoms with E-state index in [-0.39, 0.29) is 10.9 Å². The molecule has 20 heavy (non-hydrogen) atoms. The first-order valence-corrected chi connectivity index (χ1v) is 7.79. The topological polar surface area (TPSA) is 87.6 Å².